The van der Waals surface area contributed by atoms with E-state index in [1.807, 2.05) is 13.0 Å². The van der Waals surface area contributed by atoms with Gasteiger partial charge in [0.25, 0.3) is 0 Å². The van der Waals surface area contributed by atoms with Gasteiger partial charge in [0.2, 0.25) is 0 Å². The minimum absolute atomic E-state index is 0.0142. The van der Waals surface area contributed by atoms with Crippen LogP contribution in [0.4, 0.5) is 11.4 Å². The molecule has 2 aliphatic rings. The number of phenolic OH excluding ortho intramolecular Hbond substituents is 1. The predicted octanol–water partition coefficient (Wildman–Crippen LogP) is 12.9. The second-order valence-electron chi connectivity index (χ2n) is 19.0. The predicted molar refractivity (Wildman–Crippen MR) is 236 cm³/mol. The molecule has 1 aliphatic carbocycles. The molecule has 0 aromatic heterocycles. The molecule has 0 saturated heterocycles. The van der Waals surface area contributed by atoms with Gasteiger partial charge in [0.05, 0.1) is 23.9 Å². The highest BCUT2D eigenvalue weighted by Crippen LogP contribution is 2.51. The summed E-state index contributed by atoms with van der Waals surface area (Å²) in [7, 11) is 0. The number of aliphatic hydroxyl groups excluding tert-OH is 1. The molecular formula is C50H78N2O3. The number of benzene rings is 2. The first-order valence-corrected chi connectivity index (χ1v) is 21.8. The van der Waals surface area contributed by atoms with Crippen molar-refractivity contribution in [3.05, 3.63) is 62.2 Å². The topological polar surface area (TPSA) is 73.1 Å². The number of hydrogen-bond acceptors (Lipinski definition) is 5. The normalized spacial score (nSPS) is 22.5. The maximum absolute atomic E-state index is 13.1. The Morgan fingerprint density at radius 1 is 0.745 bits per heavy atom. The Labute approximate surface area is 336 Å². The average Bonchev–Trinajstić information content (AvgIpc) is 3.49. The summed E-state index contributed by atoms with van der Waals surface area (Å²) in [6.45, 7) is 34.2. The van der Waals surface area contributed by atoms with Crippen LogP contribution in [0.3, 0.4) is 0 Å². The number of Topliss-reactive ketones (excluding diaryl/α,β-unsaturated/α-hetero) is 1. The number of anilines is 2. The van der Waals surface area contributed by atoms with E-state index in [0.29, 0.717) is 36.3 Å². The zero-order chi connectivity index (χ0) is 41.2. The van der Waals surface area contributed by atoms with E-state index in [2.05, 4.69) is 108 Å². The van der Waals surface area contributed by atoms with Gasteiger partial charge in [0.15, 0.2) is 0 Å². The van der Waals surface area contributed by atoms with Gasteiger partial charge >= 0.3 is 0 Å². The number of allylic oxidation sites excluding steroid dienone is 1. The lowest BCUT2D eigenvalue weighted by Crippen LogP contribution is -2.40. The molecule has 0 bridgehead atoms. The number of carbonyl (C=O) groups is 1. The standard InChI is InChI=1S/C50H78N2O3/c1-16-17-20-23-40(53)26-27-41-30(2)28-45(54)42(41)24-21-18-19-22-25-43-44(51-50(14,15)49(43,12)13)29-52(46-35(7)32(4)31(3)33(5)36(46)8)47-37(9)34(6)38(10)48(55)39(47)11/h26-27,30,40-43,53,55H,16-25,28-29H2,1-15H3/b27-26+. The van der Waals surface area contributed by atoms with Gasteiger partial charge in [0.1, 0.15) is 11.5 Å². The number of rotatable bonds is 17. The average molecular weight is 755 g/mol. The molecule has 1 saturated carbocycles. The molecule has 306 valence electrons. The number of ketones is 1. The van der Waals surface area contributed by atoms with Crippen LogP contribution in [0.15, 0.2) is 17.1 Å². The van der Waals surface area contributed by atoms with Crippen molar-refractivity contribution in [2.45, 2.75) is 186 Å². The molecule has 5 atom stereocenters. The van der Waals surface area contributed by atoms with E-state index in [0.717, 1.165) is 86.6 Å². The molecule has 0 spiro atoms. The highest BCUT2D eigenvalue weighted by atomic mass is 16.3. The van der Waals surface area contributed by atoms with Gasteiger partial charge in [-0.15, -0.1) is 0 Å². The van der Waals surface area contributed by atoms with Crippen molar-refractivity contribution >= 4 is 22.9 Å². The fourth-order valence-corrected chi connectivity index (χ4v) is 10.0. The van der Waals surface area contributed by atoms with Gasteiger partial charge in [-0.1, -0.05) is 84.8 Å². The quantitative estimate of drug-likeness (QED) is 0.125. The van der Waals surface area contributed by atoms with Gasteiger partial charge in [-0.2, -0.15) is 0 Å². The van der Waals surface area contributed by atoms with Crippen LogP contribution in [0.25, 0.3) is 0 Å². The lowest BCUT2D eigenvalue weighted by Gasteiger charge is -2.39. The van der Waals surface area contributed by atoms with Crippen molar-refractivity contribution in [2.24, 2.45) is 34.1 Å². The third-order valence-electron chi connectivity index (χ3n) is 15.1. The third kappa shape index (κ3) is 9.13. The van der Waals surface area contributed by atoms with Crippen LogP contribution in [-0.2, 0) is 4.79 Å². The van der Waals surface area contributed by atoms with Gasteiger partial charge < -0.3 is 15.1 Å². The molecule has 2 N–H and O–H groups in total. The fourth-order valence-electron chi connectivity index (χ4n) is 10.0. The molecule has 55 heavy (non-hydrogen) atoms. The molecule has 2 aromatic rings. The smallest absolute Gasteiger partial charge is 0.136 e. The van der Waals surface area contributed by atoms with E-state index in [-0.39, 0.29) is 22.8 Å². The second kappa shape index (κ2) is 18.1. The Morgan fingerprint density at radius 2 is 1.27 bits per heavy atom. The van der Waals surface area contributed by atoms with E-state index in [4.69, 9.17) is 4.99 Å². The number of aromatic hydroxyl groups is 1. The first-order chi connectivity index (χ1) is 25.7. The summed E-state index contributed by atoms with van der Waals surface area (Å²) in [5, 5.41) is 22.0. The van der Waals surface area contributed by atoms with E-state index >= 15 is 0 Å². The molecule has 5 nitrogen and oxygen atoms in total. The molecule has 0 radical (unpaired) electrons. The van der Waals surface area contributed by atoms with Crippen molar-refractivity contribution in [1.29, 1.82) is 0 Å². The number of unbranched alkanes of at least 4 members (excludes halogenated alkanes) is 5. The number of carbonyl (C=O) groups excluding carboxylic acids is 1. The Hall–Kier alpha value is -2.92. The highest BCUT2D eigenvalue weighted by molar-refractivity contribution is 5.97. The van der Waals surface area contributed by atoms with Crippen molar-refractivity contribution in [3.8, 4) is 5.75 Å². The molecule has 0 amide bonds. The van der Waals surface area contributed by atoms with Crippen molar-refractivity contribution < 1.29 is 15.0 Å². The molecule has 2 aromatic carbocycles. The summed E-state index contributed by atoms with van der Waals surface area (Å²) < 4.78 is 0. The molecule has 4 rings (SSSR count). The van der Waals surface area contributed by atoms with E-state index in [1.165, 1.54) is 44.8 Å². The number of nitrogens with zero attached hydrogens (tertiary/aromatic N) is 2. The van der Waals surface area contributed by atoms with Gasteiger partial charge in [0, 0.05) is 35.2 Å². The second-order valence-corrected chi connectivity index (χ2v) is 19.0. The van der Waals surface area contributed by atoms with Gasteiger partial charge in [-0.3, -0.25) is 9.79 Å². The molecule has 1 fully saturated rings. The third-order valence-corrected chi connectivity index (χ3v) is 15.1. The van der Waals surface area contributed by atoms with Crippen LogP contribution in [0, 0.1) is 91.4 Å². The molecular weight excluding hydrogens is 677 g/mol. The van der Waals surface area contributed by atoms with E-state index in [9.17, 15) is 15.0 Å². The minimum atomic E-state index is -0.403. The van der Waals surface area contributed by atoms with E-state index < -0.39 is 6.10 Å². The number of phenols is 1. The van der Waals surface area contributed by atoms with Crippen LogP contribution in [0.1, 0.15) is 162 Å². The summed E-state index contributed by atoms with van der Waals surface area (Å²) >= 11 is 0. The molecule has 5 unspecified atom stereocenters. The summed E-state index contributed by atoms with van der Waals surface area (Å²) in [4.78, 5) is 21.2. The number of aliphatic hydroxyl groups is 1. The molecule has 1 aliphatic heterocycles. The van der Waals surface area contributed by atoms with Crippen molar-refractivity contribution in [3.63, 3.8) is 0 Å². The molecule has 1 heterocycles. The van der Waals surface area contributed by atoms with Gasteiger partial charge in [-0.25, -0.2) is 0 Å². The SMILES string of the molecule is CCCCCC(O)/C=C/C1C(C)CC(=O)C1CCCCCCC1C(CN(c2c(C)c(C)c(C)c(C)c2C)c2c(C)c(C)c(C)c(O)c2C)=NC(C)(C)C1(C)C. The maximum Gasteiger partial charge on any atom is 0.136 e. The number of aliphatic imine (C=N–C) groups is 1. The first kappa shape index (κ1) is 44.8. The Balaban J connectivity index is 1.54. The largest absolute Gasteiger partial charge is 0.507 e. The van der Waals surface area contributed by atoms with Crippen LogP contribution in [-0.4, -0.2) is 39.9 Å². The van der Waals surface area contributed by atoms with Crippen molar-refractivity contribution in [2.75, 3.05) is 11.4 Å². The van der Waals surface area contributed by atoms with Crippen LogP contribution in [0.2, 0.25) is 0 Å². The zero-order valence-corrected chi connectivity index (χ0v) is 37.7. The lowest BCUT2D eigenvalue weighted by molar-refractivity contribution is -0.121. The Bertz CT molecular complexity index is 1630. The highest BCUT2D eigenvalue weighted by Gasteiger charge is 2.50. The Kier molecular flexibility index (Phi) is 14.8. The molecule has 5 heteroatoms. The summed E-state index contributed by atoms with van der Waals surface area (Å²) in [5.41, 5.74) is 14.2. The van der Waals surface area contributed by atoms with Crippen LogP contribution < -0.4 is 4.90 Å². The number of hydrogen-bond donors (Lipinski definition) is 2. The van der Waals surface area contributed by atoms with Crippen LogP contribution in [0.5, 0.6) is 5.75 Å². The zero-order valence-electron chi connectivity index (χ0n) is 37.7. The van der Waals surface area contributed by atoms with E-state index in [1.54, 1.807) is 0 Å². The Morgan fingerprint density at radius 3 is 1.85 bits per heavy atom. The van der Waals surface area contributed by atoms with Gasteiger partial charge in [-0.05, 0) is 157 Å². The summed E-state index contributed by atoms with van der Waals surface area (Å²) in [6, 6.07) is 0. The first-order valence-electron chi connectivity index (χ1n) is 21.8. The minimum Gasteiger partial charge on any atom is -0.507 e. The summed E-state index contributed by atoms with van der Waals surface area (Å²) in [5.74, 6) is 1.81. The lowest BCUT2D eigenvalue weighted by atomic mass is 9.66. The monoisotopic (exact) mass is 755 g/mol. The summed E-state index contributed by atoms with van der Waals surface area (Å²) in [6.07, 6.45) is 15.1. The fraction of sp³-hybridized carbons (Fsp3) is 0.680. The van der Waals surface area contributed by atoms with Crippen molar-refractivity contribution in [1.82, 2.24) is 0 Å². The van der Waals surface area contributed by atoms with Crippen LogP contribution >= 0.6 is 0 Å². The maximum atomic E-state index is 13.1.